The van der Waals surface area contributed by atoms with Crippen molar-refractivity contribution in [2.75, 3.05) is 30.5 Å². The van der Waals surface area contributed by atoms with Gasteiger partial charge in [-0.25, -0.2) is 0 Å². The van der Waals surface area contributed by atoms with Crippen LogP contribution in [0.1, 0.15) is 35.3 Å². The van der Waals surface area contributed by atoms with Crippen molar-refractivity contribution in [3.05, 3.63) is 92.4 Å². The van der Waals surface area contributed by atoms with Crippen LogP contribution < -0.4 is 29.3 Å². The topological polar surface area (TPSA) is 127 Å². The summed E-state index contributed by atoms with van der Waals surface area (Å²) in [4.78, 5) is 58.7. The molecule has 2 N–H and O–H groups in total. The Morgan fingerprint density at radius 2 is 1.67 bits per heavy atom. The summed E-state index contributed by atoms with van der Waals surface area (Å²) in [5, 5.41) is 3.73. The van der Waals surface area contributed by atoms with E-state index in [0.29, 0.717) is 35.2 Å². The minimum absolute atomic E-state index is 0.0112. The molecular weight excluding hydrogens is 663 g/mol. The van der Waals surface area contributed by atoms with Crippen LogP contribution in [0.4, 0.5) is 11.4 Å². The summed E-state index contributed by atoms with van der Waals surface area (Å²) in [6.07, 6.45) is 0.801. The molecule has 2 bridgehead atoms. The smallest absolute Gasteiger partial charge is 0.305 e. The number of methoxy groups -OCH3 is 1. The number of imide groups is 1. The van der Waals surface area contributed by atoms with Gasteiger partial charge in [-0.05, 0) is 92.1 Å². The minimum Gasteiger partial charge on any atom is -0.497 e. The maximum Gasteiger partial charge on any atom is 0.305 e. The third-order valence-corrected chi connectivity index (χ3v) is 13.0. The van der Waals surface area contributed by atoms with E-state index in [1.807, 2.05) is 56.3 Å². The SMILES string of the molecule is CCOc1cc([C@@H]2c3sc(=O)[nH]c3S[C@@H]3[C@@H]4C[C@@H]([C@@H]5C(=O)N(c6ccc(C)cc6)C(=O)[C@@H]45)[C@H]23)ccc1OCC(=O)Nc1ccc(OC)cc1. The molecule has 2 saturated carbocycles. The number of ether oxygens (including phenoxy) is 3. The second-order valence-corrected chi connectivity index (χ2v) is 15.2. The van der Waals surface area contributed by atoms with Gasteiger partial charge in [-0.1, -0.05) is 35.1 Å². The van der Waals surface area contributed by atoms with Crippen molar-refractivity contribution in [3.63, 3.8) is 0 Å². The first-order chi connectivity index (χ1) is 23.7. The van der Waals surface area contributed by atoms with Gasteiger partial charge in [-0.2, -0.15) is 0 Å². The van der Waals surface area contributed by atoms with Gasteiger partial charge in [0.1, 0.15) is 5.75 Å². The van der Waals surface area contributed by atoms with Gasteiger partial charge in [0, 0.05) is 21.7 Å². The van der Waals surface area contributed by atoms with Crippen molar-refractivity contribution in [1.82, 2.24) is 4.98 Å². The van der Waals surface area contributed by atoms with Gasteiger partial charge in [0.15, 0.2) is 18.1 Å². The normalized spacial score (nSPS) is 26.3. The van der Waals surface area contributed by atoms with E-state index in [0.717, 1.165) is 27.5 Å². The molecule has 8 rings (SSSR count). The van der Waals surface area contributed by atoms with E-state index < -0.39 is 5.92 Å². The molecule has 3 heterocycles. The third-order valence-electron chi connectivity index (χ3n) is 10.4. The number of carbonyl (C=O) groups excluding carboxylic acids is 3. The molecule has 2 aliphatic heterocycles. The molecule has 1 saturated heterocycles. The van der Waals surface area contributed by atoms with E-state index in [9.17, 15) is 19.2 Å². The number of rotatable bonds is 9. The van der Waals surface area contributed by atoms with Crippen LogP contribution in [-0.4, -0.2) is 48.3 Å². The number of nitrogens with zero attached hydrogens (tertiary/aromatic N) is 1. The molecule has 4 aliphatic rings. The molecule has 7 atom stereocenters. The van der Waals surface area contributed by atoms with E-state index in [4.69, 9.17) is 14.2 Å². The van der Waals surface area contributed by atoms with Crippen molar-refractivity contribution in [2.24, 2.45) is 29.6 Å². The Bertz CT molecular complexity index is 2010. The number of aromatic nitrogens is 1. The summed E-state index contributed by atoms with van der Waals surface area (Å²) in [6.45, 7) is 4.02. The summed E-state index contributed by atoms with van der Waals surface area (Å²) in [5.74, 6) is 0.192. The highest BCUT2D eigenvalue weighted by molar-refractivity contribution is 8.00. The van der Waals surface area contributed by atoms with Crippen molar-refractivity contribution >= 4 is 52.2 Å². The van der Waals surface area contributed by atoms with Crippen LogP contribution in [0.5, 0.6) is 17.2 Å². The maximum absolute atomic E-state index is 14.1. The monoisotopic (exact) mass is 697 g/mol. The summed E-state index contributed by atoms with van der Waals surface area (Å²) >= 11 is 2.87. The van der Waals surface area contributed by atoms with Gasteiger partial charge in [0.25, 0.3) is 5.91 Å². The Balaban J connectivity index is 1.08. The minimum atomic E-state index is -0.390. The average molecular weight is 698 g/mol. The van der Waals surface area contributed by atoms with E-state index in [1.54, 1.807) is 43.1 Å². The predicted molar refractivity (Wildman–Crippen MR) is 187 cm³/mol. The summed E-state index contributed by atoms with van der Waals surface area (Å²) in [6, 6.07) is 20.3. The molecule has 2 aliphatic carbocycles. The number of benzene rings is 3. The van der Waals surface area contributed by atoms with E-state index in [1.165, 1.54) is 16.2 Å². The second kappa shape index (κ2) is 12.4. The van der Waals surface area contributed by atoms with Crippen LogP contribution in [0.2, 0.25) is 0 Å². The zero-order chi connectivity index (χ0) is 34.0. The van der Waals surface area contributed by atoms with E-state index in [-0.39, 0.29) is 64.0 Å². The maximum atomic E-state index is 14.1. The van der Waals surface area contributed by atoms with Crippen LogP contribution in [0.15, 0.2) is 76.6 Å². The largest absolute Gasteiger partial charge is 0.497 e. The van der Waals surface area contributed by atoms with Crippen LogP contribution in [0.3, 0.4) is 0 Å². The number of anilines is 2. The zero-order valence-corrected chi connectivity index (χ0v) is 28.8. The highest BCUT2D eigenvalue weighted by atomic mass is 32.2. The number of H-pyrrole nitrogens is 1. The number of nitrogens with one attached hydrogen (secondary N) is 2. The number of amides is 3. The lowest BCUT2D eigenvalue weighted by atomic mass is 9.68. The lowest BCUT2D eigenvalue weighted by molar-refractivity contribution is -0.123. The number of thiazole rings is 1. The molecule has 3 aromatic carbocycles. The molecule has 3 fully saturated rings. The van der Waals surface area contributed by atoms with Gasteiger partial charge in [0.2, 0.25) is 11.8 Å². The molecule has 10 nitrogen and oxygen atoms in total. The first-order valence-electron chi connectivity index (χ1n) is 16.4. The fourth-order valence-electron chi connectivity index (χ4n) is 8.46. The first-order valence-corrected chi connectivity index (χ1v) is 18.1. The highest BCUT2D eigenvalue weighted by Crippen LogP contribution is 2.68. The molecule has 0 unspecified atom stereocenters. The van der Waals surface area contributed by atoms with Crippen molar-refractivity contribution in [3.8, 4) is 17.2 Å². The van der Waals surface area contributed by atoms with Crippen molar-refractivity contribution in [2.45, 2.75) is 36.5 Å². The second-order valence-electron chi connectivity index (χ2n) is 13.0. The fourth-order valence-corrected chi connectivity index (χ4v) is 11.3. The van der Waals surface area contributed by atoms with Gasteiger partial charge in [-0.3, -0.25) is 24.1 Å². The number of carbonyl (C=O) groups is 3. The first kappa shape index (κ1) is 31.7. The number of hydrogen-bond donors (Lipinski definition) is 2. The number of hydrogen-bond acceptors (Lipinski definition) is 9. The Morgan fingerprint density at radius 3 is 2.39 bits per heavy atom. The predicted octanol–water partition coefficient (Wildman–Crippen LogP) is 5.85. The molecule has 252 valence electrons. The lowest BCUT2D eigenvalue weighted by Crippen LogP contribution is -2.42. The van der Waals surface area contributed by atoms with E-state index >= 15 is 0 Å². The number of fused-ring (bicyclic) bond motifs is 9. The van der Waals surface area contributed by atoms with Crippen LogP contribution in [0, 0.1) is 36.5 Å². The standard InChI is InChI=1S/C37H35N3O7S2/c1-4-46-26-15-19(7-14-25(26)47-17-27(41)38-20-8-12-22(45-3)13-9-20)28-29-23-16-24(32(29)48-34-33(28)49-37(44)39-34)31-30(23)35(42)40(36(31)43)21-10-5-18(2)6-11-21/h5-15,23-24,28-32H,4,16-17H2,1-3H3,(H,38,41)(H,39,44)/t23-,24-,28+,29-,30+,31+,32-/m1/s1. The molecule has 3 amide bonds. The molecule has 12 heteroatoms. The Morgan fingerprint density at radius 1 is 0.939 bits per heavy atom. The summed E-state index contributed by atoms with van der Waals surface area (Å²) in [7, 11) is 1.58. The summed E-state index contributed by atoms with van der Waals surface area (Å²) < 4.78 is 17.2. The molecule has 0 radical (unpaired) electrons. The molecule has 1 aromatic heterocycles. The third kappa shape index (κ3) is 5.32. The molecule has 49 heavy (non-hydrogen) atoms. The number of thioether (sulfide) groups is 1. The average Bonchev–Trinajstić information content (AvgIpc) is 3.84. The van der Waals surface area contributed by atoms with Crippen LogP contribution >= 0.6 is 23.1 Å². The Hall–Kier alpha value is -4.55. The molecule has 0 spiro atoms. The van der Waals surface area contributed by atoms with Gasteiger partial charge in [0.05, 0.1) is 36.3 Å². The quantitative estimate of drug-likeness (QED) is 0.209. The van der Waals surface area contributed by atoms with E-state index in [2.05, 4.69) is 10.3 Å². The van der Waals surface area contributed by atoms with Crippen molar-refractivity contribution in [1.29, 1.82) is 0 Å². The highest BCUT2D eigenvalue weighted by Gasteiger charge is 2.69. The lowest BCUT2D eigenvalue weighted by Gasteiger charge is -2.43. The Labute approximate surface area is 291 Å². The zero-order valence-electron chi connectivity index (χ0n) is 27.1. The molecule has 4 aromatic rings. The van der Waals surface area contributed by atoms with Gasteiger partial charge >= 0.3 is 4.87 Å². The van der Waals surface area contributed by atoms with Crippen molar-refractivity contribution < 1.29 is 28.6 Å². The van der Waals surface area contributed by atoms with Gasteiger partial charge < -0.3 is 24.5 Å². The molecular formula is C37H35N3O7S2. The van der Waals surface area contributed by atoms with Crippen LogP contribution in [-0.2, 0) is 14.4 Å². The number of aryl methyl sites for hydroxylation is 1. The van der Waals surface area contributed by atoms with Crippen LogP contribution in [0.25, 0.3) is 0 Å². The van der Waals surface area contributed by atoms with Gasteiger partial charge in [-0.15, -0.1) is 11.8 Å². The Kier molecular flexibility index (Phi) is 8.02. The summed E-state index contributed by atoms with van der Waals surface area (Å²) in [5.41, 5.74) is 3.26. The number of aromatic amines is 1. The fraction of sp³-hybridized carbons (Fsp3) is 0.351.